The van der Waals surface area contributed by atoms with Gasteiger partial charge in [-0.15, -0.1) is 0 Å². The van der Waals surface area contributed by atoms with Gasteiger partial charge in [0.25, 0.3) is 5.91 Å². The summed E-state index contributed by atoms with van der Waals surface area (Å²) < 4.78 is 0. The number of carbonyl (C=O) groups excluding carboxylic acids is 3. The standard InChI is InChI=1S/C29H37N3O7/c1-12(2)19-17-8-14-7-16-18(32(3)4)9-15(11-31-10-13-5-6-13)23(33)21(16)25(35)20(14)26(36)29(17,39)27(37)22(24(19)34)28(30)38/h9,12-14,17,19,31,33,35,37,39H,5-8,10-11H2,1-4H3,(H2,30,38)/t14-,17-,19-,29-/m0/s1. The summed E-state index contributed by atoms with van der Waals surface area (Å²) in [6.07, 6.45) is 2.73. The maximum Gasteiger partial charge on any atom is 0.255 e. The number of benzene rings is 1. The van der Waals surface area contributed by atoms with Crippen LogP contribution in [0.25, 0.3) is 5.76 Å². The van der Waals surface area contributed by atoms with Crippen LogP contribution in [0.4, 0.5) is 5.69 Å². The minimum Gasteiger partial charge on any atom is -0.508 e. The molecule has 0 aromatic heterocycles. The summed E-state index contributed by atoms with van der Waals surface area (Å²) in [5.74, 6) is -6.86. The number of Topliss-reactive ketones (excluding diaryl/α,β-unsaturated/α-hetero) is 2. The molecule has 0 bridgehead atoms. The Morgan fingerprint density at radius 2 is 1.87 bits per heavy atom. The van der Waals surface area contributed by atoms with E-state index in [0.29, 0.717) is 23.6 Å². The Balaban J connectivity index is 1.67. The Morgan fingerprint density at radius 3 is 2.44 bits per heavy atom. The summed E-state index contributed by atoms with van der Waals surface area (Å²) in [6, 6.07) is 1.88. The normalized spacial score (nSPS) is 28.4. The smallest absolute Gasteiger partial charge is 0.255 e. The number of hydrogen-bond donors (Lipinski definition) is 6. The summed E-state index contributed by atoms with van der Waals surface area (Å²) in [7, 11) is 3.72. The maximum absolute atomic E-state index is 14.0. The highest BCUT2D eigenvalue weighted by molar-refractivity contribution is 6.23. The molecule has 2 fully saturated rings. The predicted molar refractivity (Wildman–Crippen MR) is 144 cm³/mol. The first-order valence-corrected chi connectivity index (χ1v) is 13.5. The van der Waals surface area contributed by atoms with Crippen LogP contribution >= 0.6 is 0 Å². The number of primary amides is 1. The third kappa shape index (κ3) is 4.03. The van der Waals surface area contributed by atoms with Crippen LogP contribution in [-0.2, 0) is 27.3 Å². The lowest BCUT2D eigenvalue weighted by atomic mass is 9.54. The van der Waals surface area contributed by atoms with Crippen molar-refractivity contribution in [1.29, 1.82) is 0 Å². The van der Waals surface area contributed by atoms with Crippen LogP contribution in [0.2, 0.25) is 0 Å². The number of rotatable bonds is 7. The number of nitrogens with two attached hydrogens (primary N) is 1. The Labute approximate surface area is 227 Å². The Hall–Kier alpha value is -3.37. The van der Waals surface area contributed by atoms with Crippen LogP contribution in [0.1, 0.15) is 49.8 Å². The van der Waals surface area contributed by atoms with Crippen molar-refractivity contribution in [2.75, 3.05) is 25.5 Å². The number of fused-ring (bicyclic) bond motifs is 3. The Bertz CT molecular complexity index is 1340. The van der Waals surface area contributed by atoms with E-state index in [1.165, 1.54) is 12.8 Å². The summed E-state index contributed by atoms with van der Waals surface area (Å²) in [5, 5.41) is 49.0. The Morgan fingerprint density at radius 1 is 1.21 bits per heavy atom. The molecule has 39 heavy (non-hydrogen) atoms. The van der Waals surface area contributed by atoms with Crippen LogP contribution in [0.15, 0.2) is 23.0 Å². The SMILES string of the molecule is CC(C)[C@@H]1C(=O)C(C(N)=O)=C(O)[C@@]2(O)C(=O)C3=C(O)c4c(O)c(CNCC5CC5)cc(N(C)C)c4C[C@H]3C[C@@H]12. The number of phenols is 1. The molecule has 4 atom stereocenters. The molecule has 10 nitrogen and oxygen atoms in total. The molecule has 1 aromatic rings. The van der Waals surface area contributed by atoms with E-state index < -0.39 is 57.9 Å². The second-order valence-electron chi connectivity index (χ2n) is 12.0. The van der Waals surface area contributed by atoms with Crippen molar-refractivity contribution in [3.05, 3.63) is 39.7 Å². The summed E-state index contributed by atoms with van der Waals surface area (Å²) in [6.45, 7) is 4.67. The van der Waals surface area contributed by atoms with Crippen LogP contribution in [0, 0.1) is 29.6 Å². The van der Waals surface area contributed by atoms with Crippen molar-refractivity contribution in [2.24, 2.45) is 35.3 Å². The van der Waals surface area contributed by atoms with Crippen LogP contribution in [0.5, 0.6) is 5.75 Å². The molecule has 10 heteroatoms. The molecule has 0 aliphatic heterocycles. The van der Waals surface area contributed by atoms with Crippen LogP contribution in [0.3, 0.4) is 0 Å². The molecule has 4 aliphatic rings. The number of anilines is 1. The monoisotopic (exact) mass is 539 g/mol. The molecule has 0 unspecified atom stereocenters. The molecule has 0 saturated heterocycles. The highest BCUT2D eigenvalue weighted by Crippen LogP contribution is 2.55. The maximum atomic E-state index is 14.0. The zero-order valence-corrected chi connectivity index (χ0v) is 22.7. The summed E-state index contributed by atoms with van der Waals surface area (Å²) in [4.78, 5) is 41.3. The van der Waals surface area contributed by atoms with E-state index in [1.807, 2.05) is 25.1 Å². The number of nitrogens with one attached hydrogen (secondary N) is 1. The molecule has 5 rings (SSSR count). The van der Waals surface area contributed by atoms with Gasteiger partial charge in [-0.1, -0.05) is 13.8 Å². The van der Waals surface area contributed by atoms with Crippen molar-refractivity contribution < 1.29 is 34.8 Å². The van der Waals surface area contributed by atoms with E-state index in [-0.39, 0.29) is 35.6 Å². The van der Waals surface area contributed by atoms with E-state index >= 15 is 0 Å². The molecule has 4 aliphatic carbocycles. The molecule has 2 saturated carbocycles. The highest BCUT2D eigenvalue weighted by atomic mass is 16.3. The fourth-order valence-corrected chi connectivity index (χ4v) is 6.85. The van der Waals surface area contributed by atoms with Crippen LogP contribution < -0.4 is 16.0 Å². The van der Waals surface area contributed by atoms with Gasteiger partial charge in [0.1, 0.15) is 22.8 Å². The van der Waals surface area contributed by atoms with Gasteiger partial charge >= 0.3 is 0 Å². The molecule has 210 valence electrons. The average molecular weight is 540 g/mol. The highest BCUT2D eigenvalue weighted by Gasteiger charge is 2.64. The van der Waals surface area contributed by atoms with Gasteiger partial charge in [0.15, 0.2) is 11.4 Å². The lowest BCUT2D eigenvalue weighted by Crippen LogP contribution is -2.62. The first-order valence-electron chi connectivity index (χ1n) is 13.5. The zero-order chi connectivity index (χ0) is 28.5. The van der Waals surface area contributed by atoms with Gasteiger partial charge in [-0.3, -0.25) is 14.4 Å². The minimum atomic E-state index is -2.60. The molecule has 0 spiro atoms. The number of amides is 1. The predicted octanol–water partition coefficient (Wildman–Crippen LogP) is 1.87. The fourth-order valence-electron chi connectivity index (χ4n) is 6.85. The number of ketones is 2. The van der Waals surface area contributed by atoms with Crippen molar-refractivity contribution >= 4 is 28.9 Å². The average Bonchev–Trinajstić information content (AvgIpc) is 3.66. The molecule has 0 heterocycles. The van der Waals surface area contributed by atoms with E-state index in [1.54, 1.807) is 13.8 Å². The van der Waals surface area contributed by atoms with Crippen LogP contribution in [-0.4, -0.2) is 64.1 Å². The first kappa shape index (κ1) is 27.2. The number of aromatic hydroxyl groups is 1. The third-order valence-electron chi connectivity index (χ3n) is 8.95. The number of phenolic OH excluding ortho intramolecular Hbond substituents is 1. The zero-order valence-electron chi connectivity index (χ0n) is 22.7. The van der Waals surface area contributed by atoms with Gasteiger partial charge in [0.2, 0.25) is 5.78 Å². The second kappa shape index (κ2) is 9.38. The lowest BCUT2D eigenvalue weighted by Gasteiger charge is -2.50. The number of aliphatic hydroxyl groups is 3. The largest absolute Gasteiger partial charge is 0.508 e. The van der Waals surface area contributed by atoms with Gasteiger partial charge in [0, 0.05) is 49.3 Å². The van der Waals surface area contributed by atoms with Gasteiger partial charge in [-0.25, -0.2) is 0 Å². The molecule has 1 amide bonds. The first-order chi connectivity index (χ1) is 18.3. The minimum absolute atomic E-state index is 0.101. The number of carbonyl (C=O) groups is 3. The van der Waals surface area contributed by atoms with E-state index in [0.717, 1.165) is 12.2 Å². The van der Waals surface area contributed by atoms with Gasteiger partial charge in [0.05, 0.1) is 5.56 Å². The summed E-state index contributed by atoms with van der Waals surface area (Å²) in [5.41, 5.74) is 4.01. The molecule has 0 radical (unpaired) electrons. The van der Waals surface area contributed by atoms with Gasteiger partial charge < -0.3 is 36.4 Å². The number of aliphatic hydroxyl groups excluding tert-OH is 2. The van der Waals surface area contributed by atoms with Crippen molar-refractivity contribution in [3.8, 4) is 5.75 Å². The third-order valence-corrected chi connectivity index (χ3v) is 8.95. The van der Waals surface area contributed by atoms with Gasteiger partial charge in [-0.2, -0.15) is 0 Å². The molecule has 1 aromatic carbocycles. The summed E-state index contributed by atoms with van der Waals surface area (Å²) >= 11 is 0. The topological polar surface area (TPSA) is 173 Å². The second-order valence-corrected chi connectivity index (χ2v) is 12.0. The lowest BCUT2D eigenvalue weighted by molar-refractivity contribution is -0.155. The van der Waals surface area contributed by atoms with Gasteiger partial charge in [-0.05, 0) is 61.6 Å². The Kier molecular flexibility index (Phi) is 6.54. The fraction of sp³-hybridized carbons (Fsp3) is 0.552. The van der Waals surface area contributed by atoms with E-state index in [4.69, 9.17) is 5.73 Å². The molecule has 7 N–H and O–H groups in total. The van der Waals surface area contributed by atoms with Crippen molar-refractivity contribution in [2.45, 2.75) is 51.7 Å². The van der Waals surface area contributed by atoms with Crippen molar-refractivity contribution in [3.63, 3.8) is 0 Å². The number of nitrogens with zero attached hydrogens (tertiary/aromatic N) is 1. The van der Waals surface area contributed by atoms with E-state index in [9.17, 15) is 34.8 Å². The number of hydrogen-bond acceptors (Lipinski definition) is 9. The molecular formula is C29H37N3O7. The molecular weight excluding hydrogens is 502 g/mol. The van der Waals surface area contributed by atoms with Crippen molar-refractivity contribution in [1.82, 2.24) is 5.32 Å². The quantitative estimate of drug-likeness (QED) is 0.283. The van der Waals surface area contributed by atoms with E-state index in [2.05, 4.69) is 5.32 Å².